The van der Waals surface area contributed by atoms with Crippen LogP contribution in [0.2, 0.25) is 0 Å². The van der Waals surface area contributed by atoms with Crippen molar-refractivity contribution >= 4 is 28.6 Å². The third-order valence-corrected chi connectivity index (χ3v) is 6.32. The van der Waals surface area contributed by atoms with Crippen LogP contribution in [0.4, 0.5) is 32.4 Å². The average Bonchev–Trinajstić information content (AvgIpc) is 3.15. The Morgan fingerprint density at radius 1 is 1.00 bits per heavy atom. The number of aryl methyl sites for hydroxylation is 1. The van der Waals surface area contributed by atoms with Crippen molar-refractivity contribution < 1.29 is 40.7 Å². The molecule has 7 nitrogen and oxygen atoms in total. The van der Waals surface area contributed by atoms with E-state index in [1.165, 1.54) is 12.1 Å². The van der Waals surface area contributed by atoms with Gasteiger partial charge in [-0.05, 0) is 49.9 Å². The molecule has 4 rings (SSSR count). The maximum Gasteiger partial charge on any atom is 0.417 e. The van der Waals surface area contributed by atoms with Crippen molar-refractivity contribution in [3.63, 3.8) is 0 Å². The van der Waals surface area contributed by atoms with Crippen molar-refractivity contribution in [2.24, 2.45) is 0 Å². The minimum Gasteiger partial charge on any atom is -0.493 e. The minimum absolute atomic E-state index is 0.0769. The number of benzene rings is 2. The number of carbonyl (C=O) groups is 2. The molecule has 0 aliphatic carbocycles. The molecule has 0 atom stereocenters. The molecule has 1 saturated heterocycles. The number of halogens is 5. The molecule has 208 valence electrons. The average molecular weight is 552 g/mol. The van der Waals surface area contributed by atoms with Gasteiger partial charge in [0.05, 0.1) is 17.9 Å². The molecule has 2 aromatic carbocycles. The number of unbranched alkanes of at least 4 members (excludes halogenated alkanes) is 2. The molecule has 0 N–H and O–H groups in total. The van der Waals surface area contributed by atoms with Gasteiger partial charge in [0.15, 0.2) is 0 Å². The van der Waals surface area contributed by atoms with E-state index in [1.54, 1.807) is 0 Å². The van der Waals surface area contributed by atoms with Gasteiger partial charge in [-0.15, -0.1) is 0 Å². The molecule has 12 heteroatoms. The molecule has 3 aromatic rings. The first-order chi connectivity index (χ1) is 18.5. The second-order valence-corrected chi connectivity index (χ2v) is 9.06. The highest BCUT2D eigenvalue weighted by Gasteiger charge is 2.38. The molecular weight excluding hydrogens is 527 g/mol. The molecule has 1 aliphatic heterocycles. The number of alkyl halides is 3. The van der Waals surface area contributed by atoms with E-state index in [0.29, 0.717) is 49.5 Å². The zero-order valence-corrected chi connectivity index (χ0v) is 20.9. The summed E-state index contributed by atoms with van der Waals surface area (Å²) < 4.78 is 78.9. The Bertz CT molecular complexity index is 1450. The third-order valence-electron chi connectivity index (χ3n) is 6.32. The predicted molar refractivity (Wildman–Crippen MR) is 132 cm³/mol. The summed E-state index contributed by atoms with van der Waals surface area (Å²) in [7, 11) is 0. The van der Waals surface area contributed by atoms with Crippen molar-refractivity contribution in [2.75, 3.05) is 24.6 Å². The topological polar surface area (TPSA) is 80.1 Å². The first-order valence-corrected chi connectivity index (χ1v) is 12.4. The summed E-state index contributed by atoms with van der Waals surface area (Å²) >= 11 is 0. The van der Waals surface area contributed by atoms with Gasteiger partial charge in [-0.25, -0.2) is 18.4 Å². The molecule has 1 fully saturated rings. The van der Waals surface area contributed by atoms with Gasteiger partial charge in [0.2, 0.25) is 0 Å². The smallest absolute Gasteiger partial charge is 0.417 e. The van der Waals surface area contributed by atoms with Crippen LogP contribution >= 0.6 is 0 Å². The number of fused-ring (bicyclic) bond motifs is 1. The lowest BCUT2D eigenvalue weighted by molar-refractivity contribution is -0.136. The number of hydrogen-bond donors (Lipinski definition) is 0. The van der Waals surface area contributed by atoms with Crippen LogP contribution in [0.3, 0.4) is 0 Å². The van der Waals surface area contributed by atoms with Gasteiger partial charge in [0, 0.05) is 29.6 Å². The number of hydrogen-bond acceptors (Lipinski definition) is 5. The van der Waals surface area contributed by atoms with E-state index in [0.717, 1.165) is 28.0 Å². The van der Waals surface area contributed by atoms with Crippen LogP contribution in [0, 0.1) is 11.6 Å². The normalized spacial score (nSPS) is 14.1. The lowest BCUT2D eigenvalue weighted by Gasteiger charge is -2.18. The molecule has 0 bridgehead atoms. The van der Waals surface area contributed by atoms with Crippen LogP contribution < -0.4 is 15.3 Å². The van der Waals surface area contributed by atoms with E-state index in [2.05, 4.69) is 0 Å². The molecule has 1 aliphatic rings. The van der Waals surface area contributed by atoms with Crippen molar-refractivity contribution in [1.29, 1.82) is 0 Å². The quantitative estimate of drug-likeness (QED) is 0.132. The van der Waals surface area contributed by atoms with Gasteiger partial charge in [-0.3, -0.25) is 14.6 Å². The number of nitrogens with zero attached hydrogens (tertiary/aromatic N) is 2. The van der Waals surface area contributed by atoms with E-state index >= 15 is 0 Å². The van der Waals surface area contributed by atoms with Crippen LogP contribution in [0.15, 0.2) is 45.6 Å². The summed E-state index contributed by atoms with van der Waals surface area (Å²) in [6, 6.07) is 4.99. The fourth-order valence-electron chi connectivity index (χ4n) is 4.49. The molecule has 2 heterocycles. The predicted octanol–water partition coefficient (Wildman–Crippen LogP) is 6.06. The number of anilines is 1. The van der Waals surface area contributed by atoms with Crippen molar-refractivity contribution in [2.45, 2.75) is 45.2 Å². The number of urea groups is 1. The van der Waals surface area contributed by atoms with Gasteiger partial charge in [0.1, 0.15) is 29.5 Å². The zero-order valence-electron chi connectivity index (χ0n) is 20.9. The van der Waals surface area contributed by atoms with Crippen LogP contribution in [-0.4, -0.2) is 36.5 Å². The van der Waals surface area contributed by atoms with Crippen molar-refractivity contribution in [3.8, 4) is 5.75 Å². The third kappa shape index (κ3) is 6.04. The monoisotopic (exact) mass is 552 g/mol. The lowest BCUT2D eigenvalue weighted by atomic mass is 10.0. The zero-order chi connectivity index (χ0) is 28.3. The summed E-state index contributed by atoms with van der Waals surface area (Å²) in [4.78, 5) is 38.6. The Hall–Kier alpha value is -3.96. The summed E-state index contributed by atoms with van der Waals surface area (Å²) in [5, 5.41) is -0.218. The van der Waals surface area contributed by atoms with Gasteiger partial charge >= 0.3 is 17.8 Å². The summed E-state index contributed by atoms with van der Waals surface area (Å²) in [5.41, 5.74) is -2.26. The summed E-state index contributed by atoms with van der Waals surface area (Å²) in [5.74, 6) is -1.77. The van der Waals surface area contributed by atoms with E-state index in [9.17, 15) is 36.3 Å². The van der Waals surface area contributed by atoms with E-state index in [1.807, 2.05) is 6.92 Å². The standard InChI is InChI=1S/C27H25F5N2O5/c1-2-6-18-22(10-8-17-19(27(30,31)32)14-24(36)39-25(17)18)38-12-5-3-4-11-33-23(35)15-34(26(33)37)21-13-16(28)7-9-20(21)29/h7-10,13-14H,2-6,11-12,15H2,1H3. The molecule has 0 radical (unpaired) electrons. The second-order valence-electron chi connectivity index (χ2n) is 9.06. The SMILES string of the molecule is CCCc1c(OCCCCCN2C(=O)CN(c3cc(F)ccc3F)C2=O)ccc2c(C(F)(F)F)cc(=O)oc12. The summed E-state index contributed by atoms with van der Waals surface area (Å²) in [6.07, 6.45) is -2.36. The Labute approximate surface area is 219 Å². The van der Waals surface area contributed by atoms with E-state index in [4.69, 9.17) is 9.15 Å². The number of ether oxygens (including phenoxy) is 1. The number of carbonyl (C=O) groups excluding carboxylic acids is 2. The molecule has 39 heavy (non-hydrogen) atoms. The fourth-order valence-corrected chi connectivity index (χ4v) is 4.49. The summed E-state index contributed by atoms with van der Waals surface area (Å²) in [6.45, 7) is 1.71. The maximum atomic E-state index is 14.1. The molecule has 1 aromatic heterocycles. The Kier molecular flexibility index (Phi) is 8.22. The van der Waals surface area contributed by atoms with Crippen molar-refractivity contribution in [1.82, 2.24) is 4.90 Å². The van der Waals surface area contributed by atoms with Crippen LogP contribution in [0.1, 0.15) is 43.7 Å². The molecule has 3 amide bonds. The fraction of sp³-hybridized carbons (Fsp3) is 0.370. The molecule has 0 unspecified atom stereocenters. The highest BCUT2D eigenvalue weighted by Crippen LogP contribution is 2.37. The van der Waals surface area contributed by atoms with Gasteiger partial charge in [0.25, 0.3) is 5.91 Å². The van der Waals surface area contributed by atoms with Gasteiger partial charge < -0.3 is 9.15 Å². The maximum absolute atomic E-state index is 14.1. The van der Waals surface area contributed by atoms with Crippen LogP contribution in [-0.2, 0) is 17.4 Å². The largest absolute Gasteiger partial charge is 0.493 e. The number of rotatable bonds is 10. The number of imide groups is 1. The minimum atomic E-state index is -4.72. The van der Waals surface area contributed by atoms with E-state index < -0.39 is 47.5 Å². The molecule has 0 saturated carbocycles. The van der Waals surface area contributed by atoms with Gasteiger partial charge in [-0.2, -0.15) is 13.2 Å². The van der Waals surface area contributed by atoms with E-state index in [-0.39, 0.29) is 29.8 Å². The van der Waals surface area contributed by atoms with Crippen molar-refractivity contribution in [3.05, 3.63) is 69.6 Å². The first-order valence-electron chi connectivity index (χ1n) is 12.4. The van der Waals surface area contributed by atoms with Gasteiger partial charge in [-0.1, -0.05) is 13.3 Å². The second kappa shape index (κ2) is 11.4. The highest BCUT2D eigenvalue weighted by atomic mass is 19.4. The Morgan fingerprint density at radius 2 is 1.77 bits per heavy atom. The van der Waals surface area contributed by atoms with Crippen LogP contribution in [0.25, 0.3) is 11.0 Å². The lowest BCUT2D eigenvalue weighted by Crippen LogP contribution is -2.34. The first kappa shape index (κ1) is 28.1. The molecule has 0 spiro atoms. The molecular formula is C27H25F5N2O5. The Morgan fingerprint density at radius 3 is 2.49 bits per heavy atom. The number of amides is 3. The highest BCUT2D eigenvalue weighted by molar-refractivity contribution is 6.12. The van der Waals surface area contributed by atoms with Crippen LogP contribution in [0.5, 0.6) is 5.75 Å². The Balaban J connectivity index is 1.35.